The predicted molar refractivity (Wildman–Crippen MR) is 67.2 cm³/mol. The van der Waals surface area contributed by atoms with Crippen LogP contribution in [0.3, 0.4) is 0 Å². The first-order chi connectivity index (χ1) is 8.27. The molecule has 100 valence electrons. The number of aliphatic hydroxyl groups is 1. The van der Waals surface area contributed by atoms with Crippen LogP contribution >= 0.6 is 15.9 Å². The minimum atomic E-state index is 0.0379. The monoisotopic (exact) mass is 309 g/mol. The lowest BCUT2D eigenvalue weighted by molar-refractivity contribution is -0.128. The molecule has 0 radical (unpaired) electrons. The normalized spacial score (nSPS) is 20.2. The third-order valence-corrected chi connectivity index (χ3v) is 3.54. The van der Waals surface area contributed by atoms with E-state index in [1.807, 2.05) is 4.90 Å². The van der Waals surface area contributed by atoms with E-state index in [0.29, 0.717) is 45.3 Å². The molecule has 0 spiro atoms. The number of hydrogen-bond acceptors (Lipinski definition) is 4. The smallest absolute Gasteiger partial charge is 0.223 e. The minimum Gasteiger partial charge on any atom is -0.394 e. The summed E-state index contributed by atoms with van der Waals surface area (Å²) >= 11 is 3.40. The first-order valence-electron chi connectivity index (χ1n) is 5.88. The van der Waals surface area contributed by atoms with Crippen molar-refractivity contribution in [2.75, 3.05) is 51.5 Å². The van der Waals surface area contributed by atoms with Gasteiger partial charge in [0.15, 0.2) is 0 Å². The number of halogens is 1. The third-order valence-electron chi connectivity index (χ3n) is 2.63. The van der Waals surface area contributed by atoms with Crippen molar-refractivity contribution < 1.29 is 19.4 Å². The Kier molecular flexibility index (Phi) is 7.75. The van der Waals surface area contributed by atoms with Crippen LogP contribution in [0.4, 0.5) is 0 Å². The molecule has 0 saturated carbocycles. The number of carbonyl (C=O) groups excluding carboxylic acids is 1. The summed E-state index contributed by atoms with van der Waals surface area (Å²) in [4.78, 5) is 13.4. The van der Waals surface area contributed by atoms with Gasteiger partial charge in [0, 0.05) is 24.8 Å². The molecule has 1 heterocycles. The van der Waals surface area contributed by atoms with E-state index >= 15 is 0 Å². The highest BCUT2D eigenvalue weighted by Crippen LogP contribution is 2.18. The molecule has 0 aliphatic carbocycles. The van der Waals surface area contributed by atoms with Gasteiger partial charge < -0.3 is 19.5 Å². The quantitative estimate of drug-likeness (QED) is 0.490. The highest BCUT2D eigenvalue weighted by Gasteiger charge is 2.28. The van der Waals surface area contributed by atoms with Crippen LogP contribution in [0.5, 0.6) is 0 Å². The van der Waals surface area contributed by atoms with Crippen LogP contribution in [0, 0.1) is 5.92 Å². The molecule has 0 aromatic rings. The van der Waals surface area contributed by atoms with Crippen molar-refractivity contribution in [2.24, 2.45) is 5.92 Å². The second kappa shape index (κ2) is 8.85. The number of carbonyl (C=O) groups is 1. The Morgan fingerprint density at radius 2 is 2.00 bits per heavy atom. The maximum Gasteiger partial charge on any atom is 0.223 e. The molecule has 1 fully saturated rings. The average Bonchev–Trinajstić information content (AvgIpc) is 2.69. The highest BCUT2D eigenvalue weighted by atomic mass is 79.9. The van der Waals surface area contributed by atoms with E-state index in [4.69, 9.17) is 14.6 Å². The number of aliphatic hydroxyl groups excluding tert-OH is 1. The summed E-state index contributed by atoms with van der Waals surface area (Å²) in [6.07, 6.45) is 0.644. The van der Waals surface area contributed by atoms with E-state index in [1.54, 1.807) is 0 Å². The Bertz CT molecular complexity index is 228. The average molecular weight is 310 g/mol. The van der Waals surface area contributed by atoms with Gasteiger partial charge in [-0.15, -0.1) is 0 Å². The Labute approximate surface area is 110 Å². The molecule has 1 saturated heterocycles. The zero-order valence-electron chi connectivity index (χ0n) is 9.94. The SMILES string of the molecule is O=C1CC(CBr)CN1CCOCCOCCO. The fraction of sp³-hybridized carbons (Fsp3) is 0.909. The zero-order valence-corrected chi connectivity index (χ0v) is 11.5. The molecule has 1 atom stereocenters. The van der Waals surface area contributed by atoms with Gasteiger partial charge in [-0.2, -0.15) is 0 Å². The number of rotatable bonds is 9. The van der Waals surface area contributed by atoms with Crippen molar-refractivity contribution in [3.8, 4) is 0 Å². The summed E-state index contributed by atoms with van der Waals surface area (Å²) in [6.45, 7) is 3.40. The van der Waals surface area contributed by atoms with E-state index in [-0.39, 0.29) is 12.5 Å². The lowest BCUT2D eigenvalue weighted by atomic mass is 10.2. The van der Waals surface area contributed by atoms with Gasteiger partial charge in [-0.3, -0.25) is 4.79 Å². The summed E-state index contributed by atoms with van der Waals surface area (Å²) in [5.41, 5.74) is 0. The molecule has 0 bridgehead atoms. The molecule has 1 amide bonds. The lowest BCUT2D eigenvalue weighted by Gasteiger charge is -2.16. The molecule has 1 unspecified atom stereocenters. The van der Waals surface area contributed by atoms with Crippen molar-refractivity contribution in [2.45, 2.75) is 6.42 Å². The minimum absolute atomic E-state index is 0.0379. The van der Waals surface area contributed by atoms with Crippen LogP contribution in [-0.4, -0.2) is 67.4 Å². The van der Waals surface area contributed by atoms with Gasteiger partial charge in [0.05, 0.1) is 33.0 Å². The van der Waals surface area contributed by atoms with Crippen LogP contribution in [0.15, 0.2) is 0 Å². The summed E-state index contributed by atoms with van der Waals surface area (Å²) in [5, 5.41) is 9.36. The molecule has 0 aromatic heterocycles. The van der Waals surface area contributed by atoms with Crippen LogP contribution in [0.2, 0.25) is 0 Å². The lowest BCUT2D eigenvalue weighted by Crippen LogP contribution is -2.29. The van der Waals surface area contributed by atoms with Gasteiger partial charge in [-0.1, -0.05) is 15.9 Å². The number of hydrogen-bond donors (Lipinski definition) is 1. The number of amides is 1. The van der Waals surface area contributed by atoms with E-state index < -0.39 is 0 Å². The van der Waals surface area contributed by atoms with Crippen molar-refractivity contribution in [1.82, 2.24) is 4.90 Å². The van der Waals surface area contributed by atoms with Crippen molar-refractivity contribution in [3.05, 3.63) is 0 Å². The Morgan fingerprint density at radius 3 is 2.59 bits per heavy atom. The maximum atomic E-state index is 11.5. The van der Waals surface area contributed by atoms with E-state index in [9.17, 15) is 4.79 Å². The third kappa shape index (κ3) is 5.81. The number of nitrogens with zero attached hydrogens (tertiary/aromatic N) is 1. The predicted octanol–water partition coefficient (Wildman–Crippen LogP) is 0.255. The van der Waals surface area contributed by atoms with Crippen LogP contribution in [-0.2, 0) is 14.3 Å². The van der Waals surface area contributed by atoms with Gasteiger partial charge >= 0.3 is 0 Å². The maximum absolute atomic E-state index is 11.5. The molecular formula is C11H20BrNO4. The fourth-order valence-electron chi connectivity index (χ4n) is 1.73. The number of alkyl halides is 1. The first kappa shape index (κ1) is 14.9. The molecule has 6 heteroatoms. The van der Waals surface area contributed by atoms with Crippen LogP contribution in [0.1, 0.15) is 6.42 Å². The van der Waals surface area contributed by atoms with E-state index in [2.05, 4.69) is 15.9 Å². The molecule has 17 heavy (non-hydrogen) atoms. The summed E-state index contributed by atoms with van der Waals surface area (Å²) in [6, 6.07) is 0. The van der Waals surface area contributed by atoms with Crippen molar-refractivity contribution in [3.63, 3.8) is 0 Å². The standard InChI is InChI=1S/C11H20BrNO4/c12-8-10-7-11(15)13(9-10)1-3-16-5-6-17-4-2-14/h10,14H,1-9H2. The summed E-state index contributed by atoms with van der Waals surface area (Å²) in [7, 11) is 0. The molecule has 0 aromatic carbocycles. The molecule has 1 aliphatic heterocycles. The Morgan fingerprint density at radius 1 is 1.29 bits per heavy atom. The van der Waals surface area contributed by atoms with Crippen molar-refractivity contribution in [1.29, 1.82) is 0 Å². The van der Waals surface area contributed by atoms with Gasteiger partial charge in [0.25, 0.3) is 0 Å². The molecule has 1 aliphatic rings. The van der Waals surface area contributed by atoms with E-state index in [1.165, 1.54) is 0 Å². The largest absolute Gasteiger partial charge is 0.394 e. The summed E-state index contributed by atoms with van der Waals surface area (Å²) in [5.74, 6) is 0.657. The molecule has 1 rings (SSSR count). The van der Waals surface area contributed by atoms with Gasteiger partial charge in [0.1, 0.15) is 0 Å². The highest BCUT2D eigenvalue weighted by molar-refractivity contribution is 9.09. The van der Waals surface area contributed by atoms with E-state index in [0.717, 1.165) is 11.9 Å². The molecule has 1 N–H and O–H groups in total. The fourth-order valence-corrected chi connectivity index (χ4v) is 2.17. The Balaban J connectivity index is 1.98. The molecule has 5 nitrogen and oxygen atoms in total. The zero-order chi connectivity index (χ0) is 12.5. The topological polar surface area (TPSA) is 59.0 Å². The second-order valence-corrected chi connectivity index (χ2v) is 4.66. The molecular weight excluding hydrogens is 290 g/mol. The van der Waals surface area contributed by atoms with Gasteiger partial charge in [-0.25, -0.2) is 0 Å². The van der Waals surface area contributed by atoms with Gasteiger partial charge in [0.2, 0.25) is 5.91 Å². The van der Waals surface area contributed by atoms with Crippen molar-refractivity contribution >= 4 is 21.8 Å². The second-order valence-electron chi connectivity index (χ2n) is 4.01. The van der Waals surface area contributed by atoms with Gasteiger partial charge in [-0.05, 0) is 5.92 Å². The number of likely N-dealkylation sites (tertiary alicyclic amines) is 1. The van der Waals surface area contributed by atoms with Crippen LogP contribution in [0.25, 0.3) is 0 Å². The first-order valence-corrected chi connectivity index (χ1v) is 7.00. The van der Waals surface area contributed by atoms with Crippen LogP contribution < -0.4 is 0 Å². The summed E-state index contributed by atoms with van der Waals surface area (Å²) < 4.78 is 10.4. The number of ether oxygens (including phenoxy) is 2. The Hall–Kier alpha value is -0.170.